The quantitative estimate of drug-likeness (QED) is 0.895. The highest BCUT2D eigenvalue weighted by Gasteiger charge is 2.29. The van der Waals surface area contributed by atoms with E-state index in [-0.39, 0.29) is 0 Å². The number of carbonyl (C=O) groups is 1. The minimum absolute atomic E-state index is 0.385. The molecule has 0 aromatic carbocycles. The van der Waals surface area contributed by atoms with Crippen molar-refractivity contribution in [3.05, 3.63) is 17.0 Å². The minimum Gasteiger partial charge on any atom is -0.478 e. The summed E-state index contributed by atoms with van der Waals surface area (Å²) in [5, 5.41) is 13.7. The zero-order chi connectivity index (χ0) is 13.3. The molecule has 2 atom stereocenters. The second kappa shape index (κ2) is 5.12. The maximum absolute atomic E-state index is 11.2. The van der Waals surface area contributed by atoms with Gasteiger partial charge in [0.15, 0.2) is 0 Å². The molecule has 1 heterocycles. The number of aromatic nitrogens is 2. The summed E-state index contributed by atoms with van der Waals surface area (Å²) in [7, 11) is 0. The first-order valence-corrected chi connectivity index (χ1v) is 6.85. The SMILES string of the molecule is CCC1CCCCC1n1nc(C)c(C(=O)O)c1C. The summed E-state index contributed by atoms with van der Waals surface area (Å²) in [6, 6.07) is 0.385. The van der Waals surface area contributed by atoms with Crippen LogP contribution in [0.2, 0.25) is 0 Å². The van der Waals surface area contributed by atoms with Crippen LogP contribution >= 0.6 is 0 Å². The van der Waals surface area contributed by atoms with Crippen LogP contribution in [-0.2, 0) is 0 Å². The highest BCUT2D eigenvalue weighted by molar-refractivity contribution is 5.90. The Morgan fingerprint density at radius 3 is 2.61 bits per heavy atom. The predicted octanol–water partition coefficient (Wildman–Crippen LogP) is 3.34. The van der Waals surface area contributed by atoms with Gasteiger partial charge in [-0.2, -0.15) is 5.10 Å². The number of rotatable bonds is 3. The van der Waals surface area contributed by atoms with Crippen molar-refractivity contribution in [1.29, 1.82) is 0 Å². The van der Waals surface area contributed by atoms with Crippen LogP contribution in [0.5, 0.6) is 0 Å². The Morgan fingerprint density at radius 2 is 2.06 bits per heavy atom. The summed E-state index contributed by atoms with van der Waals surface area (Å²) in [4.78, 5) is 11.2. The van der Waals surface area contributed by atoms with Crippen molar-refractivity contribution in [1.82, 2.24) is 9.78 Å². The summed E-state index contributed by atoms with van der Waals surface area (Å²) < 4.78 is 1.98. The molecule has 1 fully saturated rings. The highest BCUT2D eigenvalue weighted by atomic mass is 16.4. The second-order valence-corrected chi connectivity index (χ2v) is 5.32. The van der Waals surface area contributed by atoms with Crippen LogP contribution in [0.3, 0.4) is 0 Å². The van der Waals surface area contributed by atoms with Crippen molar-refractivity contribution in [2.75, 3.05) is 0 Å². The fraction of sp³-hybridized carbons (Fsp3) is 0.714. The largest absolute Gasteiger partial charge is 0.478 e. The van der Waals surface area contributed by atoms with E-state index in [0.29, 0.717) is 23.2 Å². The molecule has 1 aliphatic carbocycles. The molecule has 1 aromatic heterocycles. The van der Waals surface area contributed by atoms with Crippen molar-refractivity contribution in [3.63, 3.8) is 0 Å². The van der Waals surface area contributed by atoms with E-state index in [1.54, 1.807) is 6.92 Å². The molecule has 18 heavy (non-hydrogen) atoms. The Labute approximate surface area is 108 Å². The van der Waals surface area contributed by atoms with E-state index in [4.69, 9.17) is 0 Å². The summed E-state index contributed by atoms with van der Waals surface area (Å²) >= 11 is 0. The first-order chi connectivity index (χ1) is 8.56. The Balaban J connectivity index is 2.38. The molecule has 1 saturated carbocycles. The van der Waals surface area contributed by atoms with Gasteiger partial charge in [-0.25, -0.2) is 4.79 Å². The first kappa shape index (κ1) is 13.1. The van der Waals surface area contributed by atoms with Gasteiger partial charge in [0.1, 0.15) is 5.56 Å². The van der Waals surface area contributed by atoms with E-state index >= 15 is 0 Å². The number of aromatic carboxylic acids is 1. The molecule has 0 saturated heterocycles. The Hall–Kier alpha value is -1.32. The van der Waals surface area contributed by atoms with E-state index in [1.807, 2.05) is 11.6 Å². The van der Waals surface area contributed by atoms with Gasteiger partial charge in [-0.05, 0) is 32.6 Å². The van der Waals surface area contributed by atoms with Gasteiger partial charge >= 0.3 is 5.97 Å². The maximum atomic E-state index is 11.2. The van der Waals surface area contributed by atoms with E-state index in [1.165, 1.54) is 19.3 Å². The van der Waals surface area contributed by atoms with Crippen LogP contribution in [0.15, 0.2) is 0 Å². The van der Waals surface area contributed by atoms with E-state index in [2.05, 4.69) is 12.0 Å². The molecule has 4 heteroatoms. The molecule has 100 valence electrons. The van der Waals surface area contributed by atoms with Gasteiger partial charge in [0.2, 0.25) is 0 Å². The molecular weight excluding hydrogens is 228 g/mol. The minimum atomic E-state index is -0.861. The third-order valence-electron chi connectivity index (χ3n) is 4.25. The summed E-state index contributed by atoms with van der Waals surface area (Å²) in [6.07, 6.45) is 6.02. The molecule has 0 amide bonds. The second-order valence-electron chi connectivity index (χ2n) is 5.32. The molecule has 2 unspecified atom stereocenters. The van der Waals surface area contributed by atoms with Crippen LogP contribution in [0.25, 0.3) is 0 Å². The van der Waals surface area contributed by atoms with Crippen LogP contribution in [0, 0.1) is 19.8 Å². The highest BCUT2D eigenvalue weighted by Crippen LogP contribution is 2.36. The maximum Gasteiger partial charge on any atom is 0.339 e. The van der Waals surface area contributed by atoms with Gasteiger partial charge in [0.25, 0.3) is 0 Å². The van der Waals surface area contributed by atoms with Crippen LogP contribution < -0.4 is 0 Å². The smallest absolute Gasteiger partial charge is 0.339 e. The Morgan fingerprint density at radius 1 is 1.39 bits per heavy atom. The number of hydrogen-bond acceptors (Lipinski definition) is 2. The molecule has 0 radical (unpaired) electrons. The summed E-state index contributed by atoms with van der Waals surface area (Å²) in [5.41, 5.74) is 1.83. The van der Waals surface area contributed by atoms with Gasteiger partial charge in [0.05, 0.1) is 17.4 Å². The van der Waals surface area contributed by atoms with Gasteiger partial charge in [-0.1, -0.05) is 26.2 Å². The van der Waals surface area contributed by atoms with Crippen molar-refractivity contribution in [2.24, 2.45) is 5.92 Å². The van der Waals surface area contributed by atoms with E-state index in [0.717, 1.165) is 18.5 Å². The Bertz CT molecular complexity index is 451. The molecule has 0 spiro atoms. The van der Waals surface area contributed by atoms with Crippen LogP contribution in [-0.4, -0.2) is 20.9 Å². The topological polar surface area (TPSA) is 55.1 Å². The van der Waals surface area contributed by atoms with Crippen molar-refractivity contribution in [3.8, 4) is 0 Å². The lowest BCUT2D eigenvalue weighted by Crippen LogP contribution is -2.24. The van der Waals surface area contributed by atoms with E-state index < -0.39 is 5.97 Å². The lowest BCUT2D eigenvalue weighted by atomic mass is 9.83. The Kier molecular flexibility index (Phi) is 3.73. The lowest BCUT2D eigenvalue weighted by Gasteiger charge is -2.31. The predicted molar refractivity (Wildman–Crippen MR) is 69.9 cm³/mol. The molecule has 1 aromatic rings. The molecule has 1 N–H and O–H groups in total. The molecule has 2 rings (SSSR count). The number of carboxylic acid groups (broad SMARTS) is 1. The van der Waals surface area contributed by atoms with Gasteiger partial charge in [0, 0.05) is 0 Å². The van der Waals surface area contributed by atoms with E-state index in [9.17, 15) is 9.90 Å². The number of carboxylic acids is 1. The zero-order valence-electron chi connectivity index (χ0n) is 11.4. The first-order valence-electron chi connectivity index (χ1n) is 6.85. The molecule has 0 aliphatic heterocycles. The zero-order valence-corrected chi connectivity index (χ0v) is 11.4. The third-order valence-corrected chi connectivity index (χ3v) is 4.25. The fourth-order valence-corrected chi connectivity index (χ4v) is 3.28. The monoisotopic (exact) mass is 250 g/mol. The van der Waals surface area contributed by atoms with Crippen molar-refractivity contribution < 1.29 is 9.90 Å². The van der Waals surface area contributed by atoms with Gasteiger partial charge in [-0.3, -0.25) is 4.68 Å². The lowest BCUT2D eigenvalue weighted by molar-refractivity contribution is 0.0695. The number of nitrogens with zero attached hydrogens (tertiary/aromatic N) is 2. The summed E-state index contributed by atoms with van der Waals surface area (Å²) in [5.74, 6) is -0.224. The van der Waals surface area contributed by atoms with Gasteiger partial charge < -0.3 is 5.11 Å². The number of hydrogen-bond donors (Lipinski definition) is 1. The van der Waals surface area contributed by atoms with Crippen molar-refractivity contribution in [2.45, 2.75) is 58.9 Å². The standard InChI is InChI=1S/C14H22N2O2/c1-4-11-7-5-6-8-12(11)16-10(3)13(14(17)18)9(2)15-16/h11-12H,4-8H2,1-3H3,(H,17,18). The van der Waals surface area contributed by atoms with Crippen LogP contribution in [0.1, 0.15) is 66.8 Å². The molecule has 4 nitrogen and oxygen atoms in total. The van der Waals surface area contributed by atoms with Crippen molar-refractivity contribution >= 4 is 5.97 Å². The normalized spacial score (nSPS) is 24.2. The average molecular weight is 250 g/mol. The molecular formula is C14H22N2O2. The number of aryl methyl sites for hydroxylation is 1. The van der Waals surface area contributed by atoms with Crippen LogP contribution in [0.4, 0.5) is 0 Å². The average Bonchev–Trinajstić information content (AvgIpc) is 2.64. The fourth-order valence-electron chi connectivity index (χ4n) is 3.28. The van der Waals surface area contributed by atoms with Gasteiger partial charge in [-0.15, -0.1) is 0 Å². The molecule has 1 aliphatic rings. The third kappa shape index (κ3) is 2.16. The summed E-state index contributed by atoms with van der Waals surface area (Å²) in [6.45, 7) is 5.88. The molecule has 0 bridgehead atoms.